The van der Waals surface area contributed by atoms with Crippen molar-refractivity contribution in [2.75, 3.05) is 6.61 Å². The van der Waals surface area contributed by atoms with Crippen LogP contribution in [-0.4, -0.2) is 21.9 Å². The summed E-state index contributed by atoms with van der Waals surface area (Å²) in [6, 6.07) is 5.46. The van der Waals surface area contributed by atoms with E-state index in [1.165, 1.54) is 11.8 Å². The molecule has 0 radical (unpaired) electrons. The number of hydrogen-bond donors (Lipinski definition) is 1. The SMILES string of the molecule is CC(CO)Sc1cccc(Cl)n1. The Labute approximate surface area is 81.0 Å². The van der Waals surface area contributed by atoms with E-state index in [2.05, 4.69) is 4.98 Å². The highest BCUT2D eigenvalue weighted by Crippen LogP contribution is 2.21. The monoisotopic (exact) mass is 203 g/mol. The Kier molecular flexibility index (Phi) is 3.85. The molecule has 1 atom stereocenters. The van der Waals surface area contributed by atoms with Gasteiger partial charge in [0, 0.05) is 5.25 Å². The Bertz CT molecular complexity index is 257. The topological polar surface area (TPSA) is 33.1 Å². The lowest BCUT2D eigenvalue weighted by Gasteiger charge is -2.05. The summed E-state index contributed by atoms with van der Waals surface area (Å²) in [4.78, 5) is 4.08. The summed E-state index contributed by atoms with van der Waals surface area (Å²) < 4.78 is 0. The maximum absolute atomic E-state index is 8.78. The van der Waals surface area contributed by atoms with E-state index in [9.17, 15) is 0 Å². The van der Waals surface area contributed by atoms with Crippen LogP contribution in [0, 0.1) is 0 Å². The lowest BCUT2D eigenvalue weighted by atomic mass is 10.5. The van der Waals surface area contributed by atoms with E-state index in [4.69, 9.17) is 16.7 Å². The maximum atomic E-state index is 8.78. The molecular weight excluding hydrogens is 194 g/mol. The molecule has 0 aromatic carbocycles. The van der Waals surface area contributed by atoms with E-state index in [0.29, 0.717) is 5.15 Å². The summed E-state index contributed by atoms with van der Waals surface area (Å²) in [5.74, 6) is 0. The van der Waals surface area contributed by atoms with Gasteiger partial charge in [0.15, 0.2) is 0 Å². The Morgan fingerprint density at radius 2 is 2.42 bits per heavy atom. The normalized spacial score (nSPS) is 12.9. The third-order valence-corrected chi connectivity index (χ3v) is 2.50. The molecule has 1 aromatic rings. The van der Waals surface area contributed by atoms with Crippen LogP contribution in [0.1, 0.15) is 6.92 Å². The van der Waals surface area contributed by atoms with Crippen LogP contribution in [0.3, 0.4) is 0 Å². The molecule has 0 saturated carbocycles. The molecule has 1 heterocycles. The third kappa shape index (κ3) is 3.01. The molecule has 4 heteroatoms. The molecule has 12 heavy (non-hydrogen) atoms. The molecule has 0 amide bonds. The van der Waals surface area contributed by atoms with Crippen LogP contribution in [-0.2, 0) is 0 Å². The molecule has 66 valence electrons. The van der Waals surface area contributed by atoms with Gasteiger partial charge in [0.05, 0.1) is 11.6 Å². The number of hydrogen-bond acceptors (Lipinski definition) is 3. The van der Waals surface area contributed by atoms with E-state index in [0.717, 1.165) is 5.03 Å². The average Bonchev–Trinajstić information content (AvgIpc) is 2.04. The molecule has 1 aromatic heterocycles. The minimum absolute atomic E-state index is 0.152. The minimum Gasteiger partial charge on any atom is -0.395 e. The van der Waals surface area contributed by atoms with Gasteiger partial charge in [-0.05, 0) is 12.1 Å². The quantitative estimate of drug-likeness (QED) is 0.604. The fraction of sp³-hybridized carbons (Fsp3) is 0.375. The predicted octanol–water partition coefficient (Wildman–Crippen LogP) is 2.21. The van der Waals surface area contributed by atoms with E-state index < -0.39 is 0 Å². The lowest BCUT2D eigenvalue weighted by Crippen LogP contribution is -2.01. The van der Waals surface area contributed by atoms with E-state index in [1.807, 2.05) is 19.1 Å². The number of thioether (sulfide) groups is 1. The largest absolute Gasteiger partial charge is 0.395 e. The second-order valence-electron chi connectivity index (χ2n) is 2.41. The molecule has 1 rings (SSSR count). The summed E-state index contributed by atoms with van der Waals surface area (Å²) in [6.45, 7) is 2.09. The van der Waals surface area contributed by atoms with Crippen molar-refractivity contribution >= 4 is 23.4 Å². The number of aliphatic hydroxyl groups excluding tert-OH is 1. The molecule has 0 bridgehead atoms. The zero-order valence-electron chi connectivity index (χ0n) is 6.70. The molecule has 0 spiro atoms. The van der Waals surface area contributed by atoms with Crippen molar-refractivity contribution in [1.82, 2.24) is 4.98 Å². The Hall–Kier alpha value is -0.250. The first kappa shape index (κ1) is 9.84. The molecule has 0 aliphatic heterocycles. The second kappa shape index (κ2) is 4.70. The summed E-state index contributed by atoms with van der Waals surface area (Å²) in [6.07, 6.45) is 0. The highest BCUT2D eigenvalue weighted by atomic mass is 35.5. The first-order valence-corrected chi connectivity index (χ1v) is 4.88. The van der Waals surface area contributed by atoms with Crippen LogP contribution in [0.25, 0.3) is 0 Å². The highest BCUT2D eigenvalue weighted by Gasteiger charge is 2.03. The van der Waals surface area contributed by atoms with Gasteiger partial charge < -0.3 is 5.11 Å². The fourth-order valence-electron chi connectivity index (χ4n) is 0.699. The molecule has 0 aliphatic rings. The van der Waals surface area contributed by atoms with Crippen LogP contribution in [0.5, 0.6) is 0 Å². The number of aliphatic hydroxyl groups is 1. The van der Waals surface area contributed by atoms with Gasteiger partial charge in [-0.1, -0.05) is 24.6 Å². The first-order valence-electron chi connectivity index (χ1n) is 3.62. The zero-order valence-corrected chi connectivity index (χ0v) is 8.27. The van der Waals surface area contributed by atoms with Gasteiger partial charge in [0.2, 0.25) is 0 Å². The van der Waals surface area contributed by atoms with Crippen molar-refractivity contribution < 1.29 is 5.11 Å². The highest BCUT2D eigenvalue weighted by molar-refractivity contribution is 7.99. The molecule has 0 aliphatic carbocycles. The average molecular weight is 204 g/mol. The van der Waals surface area contributed by atoms with Crippen LogP contribution in [0.4, 0.5) is 0 Å². The smallest absolute Gasteiger partial charge is 0.130 e. The Morgan fingerprint density at radius 3 is 3.00 bits per heavy atom. The van der Waals surface area contributed by atoms with Crippen molar-refractivity contribution in [2.24, 2.45) is 0 Å². The fourth-order valence-corrected chi connectivity index (χ4v) is 1.71. The summed E-state index contributed by atoms with van der Waals surface area (Å²) in [7, 11) is 0. The summed E-state index contributed by atoms with van der Waals surface area (Å²) >= 11 is 7.20. The van der Waals surface area contributed by atoms with Crippen LogP contribution in [0.15, 0.2) is 23.2 Å². The van der Waals surface area contributed by atoms with Gasteiger partial charge in [-0.3, -0.25) is 0 Å². The Balaban J connectivity index is 2.63. The van der Waals surface area contributed by atoms with Crippen molar-refractivity contribution in [3.05, 3.63) is 23.4 Å². The van der Waals surface area contributed by atoms with Gasteiger partial charge >= 0.3 is 0 Å². The van der Waals surface area contributed by atoms with Gasteiger partial charge in [-0.2, -0.15) is 0 Å². The van der Waals surface area contributed by atoms with Gasteiger partial charge in [-0.15, -0.1) is 11.8 Å². The number of pyridine rings is 1. The number of nitrogens with zero attached hydrogens (tertiary/aromatic N) is 1. The van der Waals surface area contributed by atoms with Crippen molar-refractivity contribution in [3.63, 3.8) is 0 Å². The van der Waals surface area contributed by atoms with Crippen LogP contribution >= 0.6 is 23.4 Å². The predicted molar refractivity (Wildman–Crippen MR) is 51.7 cm³/mol. The Morgan fingerprint density at radius 1 is 1.67 bits per heavy atom. The second-order valence-corrected chi connectivity index (χ2v) is 4.26. The molecule has 1 unspecified atom stereocenters. The number of aromatic nitrogens is 1. The van der Waals surface area contributed by atoms with E-state index in [-0.39, 0.29) is 11.9 Å². The lowest BCUT2D eigenvalue weighted by molar-refractivity contribution is 0.300. The van der Waals surface area contributed by atoms with Crippen molar-refractivity contribution in [1.29, 1.82) is 0 Å². The molecule has 1 N–H and O–H groups in total. The number of rotatable bonds is 3. The molecule has 0 saturated heterocycles. The first-order chi connectivity index (χ1) is 5.72. The summed E-state index contributed by atoms with van der Waals surface area (Å²) in [5, 5.41) is 10.3. The van der Waals surface area contributed by atoms with Crippen LogP contribution < -0.4 is 0 Å². The van der Waals surface area contributed by atoms with Crippen LogP contribution in [0.2, 0.25) is 5.15 Å². The minimum atomic E-state index is 0.152. The molecule has 2 nitrogen and oxygen atoms in total. The zero-order chi connectivity index (χ0) is 8.97. The molecular formula is C8H10ClNOS. The standard InChI is InChI=1S/C8H10ClNOS/c1-6(5-11)12-8-4-2-3-7(9)10-8/h2-4,6,11H,5H2,1H3. The van der Waals surface area contributed by atoms with Crippen molar-refractivity contribution in [3.8, 4) is 0 Å². The molecule has 0 fully saturated rings. The van der Waals surface area contributed by atoms with Gasteiger partial charge in [0.25, 0.3) is 0 Å². The van der Waals surface area contributed by atoms with Gasteiger partial charge in [0.1, 0.15) is 5.15 Å². The van der Waals surface area contributed by atoms with Gasteiger partial charge in [-0.25, -0.2) is 4.98 Å². The summed E-state index contributed by atoms with van der Waals surface area (Å²) in [5.41, 5.74) is 0. The number of halogens is 1. The van der Waals surface area contributed by atoms with E-state index in [1.54, 1.807) is 6.07 Å². The van der Waals surface area contributed by atoms with Crippen molar-refractivity contribution in [2.45, 2.75) is 17.2 Å². The third-order valence-electron chi connectivity index (χ3n) is 1.27. The van der Waals surface area contributed by atoms with E-state index >= 15 is 0 Å². The maximum Gasteiger partial charge on any atom is 0.130 e.